The highest BCUT2D eigenvalue weighted by Crippen LogP contribution is 2.35. The predicted octanol–water partition coefficient (Wildman–Crippen LogP) is 4.07. The molecule has 1 aliphatic rings. The van der Waals surface area contributed by atoms with Gasteiger partial charge in [-0.25, -0.2) is 4.98 Å². The van der Waals surface area contributed by atoms with Gasteiger partial charge in [-0.1, -0.05) is 12.8 Å². The van der Waals surface area contributed by atoms with E-state index in [-0.39, 0.29) is 5.56 Å². The standard InChI is InChI=1S/C14H15IN2OS/c1-8-6-7-19-12(8)13-16-11(9-4-2-3-5-9)10(15)14(18)17-13/h6-7,9H,2-5H2,1H3,(H,16,17,18). The molecule has 0 atom stereocenters. The van der Waals surface area contributed by atoms with E-state index < -0.39 is 0 Å². The maximum Gasteiger partial charge on any atom is 0.264 e. The second-order valence-corrected chi connectivity index (χ2v) is 7.02. The summed E-state index contributed by atoms with van der Waals surface area (Å²) in [5.41, 5.74) is 2.18. The van der Waals surface area contributed by atoms with Crippen molar-refractivity contribution in [2.75, 3.05) is 0 Å². The van der Waals surface area contributed by atoms with Gasteiger partial charge in [-0.3, -0.25) is 4.79 Å². The molecular formula is C14H15IN2OS. The van der Waals surface area contributed by atoms with Crippen molar-refractivity contribution < 1.29 is 0 Å². The fourth-order valence-corrected chi connectivity index (χ4v) is 4.24. The lowest BCUT2D eigenvalue weighted by Crippen LogP contribution is -2.17. The molecule has 2 aromatic heterocycles. The Labute approximate surface area is 129 Å². The minimum atomic E-state index is 0.000278. The number of H-pyrrole nitrogens is 1. The highest BCUT2D eigenvalue weighted by Gasteiger charge is 2.23. The number of halogens is 1. The Balaban J connectivity index is 2.12. The van der Waals surface area contributed by atoms with Gasteiger partial charge in [-0.15, -0.1) is 11.3 Å². The van der Waals surface area contributed by atoms with Crippen molar-refractivity contribution >= 4 is 33.9 Å². The molecule has 2 heterocycles. The van der Waals surface area contributed by atoms with Crippen molar-refractivity contribution in [3.05, 3.63) is 36.6 Å². The number of nitrogens with zero attached hydrogens (tertiary/aromatic N) is 1. The lowest BCUT2D eigenvalue weighted by Gasteiger charge is -2.11. The minimum Gasteiger partial charge on any atom is -0.305 e. The molecule has 1 fully saturated rings. The molecule has 5 heteroatoms. The summed E-state index contributed by atoms with van der Waals surface area (Å²) in [6, 6.07) is 2.06. The van der Waals surface area contributed by atoms with E-state index in [9.17, 15) is 4.79 Å². The monoisotopic (exact) mass is 386 g/mol. The van der Waals surface area contributed by atoms with Crippen LogP contribution in [0.15, 0.2) is 16.2 Å². The van der Waals surface area contributed by atoms with E-state index in [2.05, 4.69) is 40.6 Å². The molecule has 0 radical (unpaired) electrons. The zero-order valence-corrected chi connectivity index (χ0v) is 13.7. The van der Waals surface area contributed by atoms with Gasteiger partial charge < -0.3 is 4.98 Å². The highest BCUT2D eigenvalue weighted by molar-refractivity contribution is 14.1. The van der Waals surface area contributed by atoms with E-state index in [0.29, 0.717) is 5.92 Å². The molecule has 0 aromatic carbocycles. The summed E-state index contributed by atoms with van der Waals surface area (Å²) in [4.78, 5) is 20.9. The number of thiophene rings is 1. The van der Waals surface area contributed by atoms with Crippen molar-refractivity contribution in [1.82, 2.24) is 9.97 Å². The summed E-state index contributed by atoms with van der Waals surface area (Å²) in [5.74, 6) is 1.20. The van der Waals surface area contributed by atoms with E-state index in [1.165, 1.54) is 18.4 Å². The number of hydrogen-bond donors (Lipinski definition) is 1. The number of hydrogen-bond acceptors (Lipinski definition) is 3. The predicted molar refractivity (Wildman–Crippen MR) is 86.8 cm³/mol. The van der Waals surface area contributed by atoms with E-state index in [0.717, 1.165) is 32.8 Å². The van der Waals surface area contributed by atoms with Crippen molar-refractivity contribution in [3.8, 4) is 10.7 Å². The molecule has 0 aliphatic heterocycles. The average molecular weight is 386 g/mol. The quantitative estimate of drug-likeness (QED) is 0.791. The zero-order chi connectivity index (χ0) is 13.4. The van der Waals surface area contributed by atoms with Crippen LogP contribution in [-0.4, -0.2) is 9.97 Å². The third-order valence-corrected chi connectivity index (χ3v) is 5.77. The number of aromatic amines is 1. The summed E-state index contributed by atoms with van der Waals surface area (Å²) < 4.78 is 0.766. The normalized spacial score (nSPS) is 16.1. The third kappa shape index (κ3) is 2.50. The van der Waals surface area contributed by atoms with Crippen molar-refractivity contribution in [3.63, 3.8) is 0 Å². The minimum absolute atomic E-state index is 0.000278. The summed E-state index contributed by atoms with van der Waals surface area (Å²) >= 11 is 3.77. The van der Waals surface area contributed by atoms with Gasteiger partial charge in [0.2, 0.25) is 0 Å². The van der Waals surface area contributed by atoms with E-state index in [4.69, 9.17) is 4.98 Å². The molecule has 100 valence electrons. The molecule has 0 bridgehead atoms. The molecule has 1 aliphatic carbocycles. The maximum atomic E-state index is 12.1. The van der Waals surface area contributed by atoms with Crippen LogP contribution in [0.4, 0.5) is 0 Å². The summed E-state index contributed by atoms with van der Waals surface area (Å²) in [6.45, 7) is 2.05. The van der Waals surface area contributed by atoms with E-state index in [1.54, 1.807) is 11.3 Å². The molecule has 2 aromatic rings. The van der Waals surface area contributed by atoms with E-state index in [1.807, 2.05) is 5.38 Å². The topological polar surface area (TPSA) is 45.8 Å². The Morgan fingerprint density at radius 2 is 2.16 bits per heavy atom. The number of nitrogens with one attached hydrogen (secondary N) is 1. The summed E-state index contributed by atoms with van der Waals surface area (Å²) in [6.07, 6.45) is 4.83. The van der Waals surface area contributed by atoms with Crippen LogP contribution in [0.25, 0.3) is 10.7 Å². The smallest absolute Gasteiger partial charge is 0.264 e. The molecule has 19 heavy (non-hydrogen) atoms. The third-order valence-electron chi connectivity index (χ3n) is 3.71. The fraction of sp³-hybridized carbons (Fsp3) is 0.429. The van der Waals surface area contributed by atoms with Gasteiger partial charge in [-0.05, 0) is 59.4 Å². The van der Waals surface area contributed by atoms with Gasteiger partial charge in [0, 0.05) is 5.92 Å². The maximum absolute atomic E-state index is 12.1. The van der Waals surface area contributed by atoms with Gasteiger partial charge in [0.25, 0.3) is 5.56 Å². The molecule has 0 amide bonds. The molecule has 0 spiro atoms. The molecule has 0 unspecified atom stereocenters. The number of rotatable bonds is 2. The molecule has 1 saturated carbocycles. The first kappa shape index (κ1) is 13.3. The van der Waals surface area contributed by atoms with Crippen LogP contribution >= 0.6 is 33.9 Å². The Morgan fingerprint density at radius 1 is 1.42 bits per heavy atom. The zero-order valence-electron chi connectivity index (χ0n) is 10.7. The average Bonchev–Trinajstić information content (AvgIpc) is 3.03. The van der Waals surface area contributed by atoms with Crippen LogP contribution in [0, 0.1) is 10.5 Å². The van der Waals surface area contributed by atoms with Crippen LogP contribution in [0.5, 0.6) is 0 Å². The van der Waals surface area contributed by atoms with Crippen molar-refractivity contribution in [2.45, 2.75) is 38.5 Å². The Hall–Kier alpha value is -0.690. The fourth-order valence-electron chi connectivity index (χ4n) is 2.67. The number of aryl methyl sites for hydroxylation is 1. The first-order chi connectivity index (χ1) is 9.16. The largest absolute Gasteiger partial charge is 0.305 e. The highest BCUT2D eigenvalue weighted by atomic mass is 127. The summed E-state index contributed by atoms with van der Waals surface area (Å²) in [7, 11) is 0. The van der Waals surface area contributed by atoms with Crippen LogP contribution in [0.3, 0.4) is 0 Å². The Bertz CT molecular complexity index is 656. The van der Waals surface area contributed by atoms with Crippen molar-refractivity contribution in [1.29, 1.82) is 0 Å². The molecular weight excluding hydrogens is 371 g/mol. The van der Waals surface area contributed by atoms with Crippen LogP contribution < -0.4 is 5.56 Å². The Kier molecular flexibility index (Phi) is 3.75. The summed E-state index contributed by atoms with van der Waals surface area (Å²) in [5, 5.41) is 2.04. The van der Waals surface area contributed by atoms with Gasteiger partial charge >= 0.3 is 0 Å². The number of aromatic nitrogens is 2. The second-order valence-electron chi connectivity index (χ2n) is 5.03. The molecule has 0 saturated heterocycles. The van der Waals surface area contributed by atoms with Gasteiger partial charge in [0.1, 0.15) is 3.57 Å². The lowest BCUT2D eigenvalue weighted by molar-refractivity contribution is 0.688. The van der Waals surface area contributed by atoms with Gasteiger partial charge in [0.15, 0.2) is 5.82 Å². The van der Waals surface area contributed by atoms with Crippen molar-refractivity contribution in [2.24, 2.45) is 0 Å². The van der Waals surface area contributed by atoms with Crippen LogP contribution in [0.2, 0.25) is 0 Å². The lowest BCUT2D eigenvalue weighted by atomic mass is 10.0. The van der Waals surface area contributed by atoms with Gasteiger partial charge in [-0.2, -0.15) is 0 Å². The van der Waals surface area contributed by atoms with Gasteiger partial charge in [0.05, 0.1) is 10.6 Å². The molecule has 3 rings (SSSR count). The van der Waals surface area contributed by atoms with Crippen LogP contribution in [-0.2, 0) is 0 Å². The first-order valence-corrected chi connectivity index (χ1v) is 8.47. The molecule has 1 N–H and O–H groups in total. The molecule has 3 nitrogen and oxygen atoms in total. The SMILES string of the molecule is Cc1ccsc1-c1nc(C2CCCC2)c(I)c(=O)[nH]1. The first-order valence-electron chi connectivity index (χ1n) is 6.51. The second kappa shape index (κ2) is 5.36. The van der Waals surface area contributed by atoms with Crippen LogP contribution in [0.1, 0.15) is 42.9 Å². The van der Waals surface area contributed by atoms with E-state index >= 15 is 0 Å². The Morgan fingerprint density at radius 3 is 2.79 bits per heavy atom.